The third-order valence-electron chi connectivity index (χ3n) is 3.29. The highest BCUT2D eigenvalue weighted by atomic mass is 35.5. The Balaban J connectivity index is 2.14. The highest BCUT2D eigenvalue weighted by molar-refractivity contribution is 6.51. The van der Waals surface area contributed by atoms with Crippen LogP contribution in [0.3, 0.4) is 0 Å². The van der Waals surface area contributed by atoms with E-state index in [0.29, 0.717) is 16.4 Å². The molecule has 0 aliphatic heterocycles. The molecule has 22 heavy (non-hydrogen) atoms. The molecule has 3 aromatic rings. The number of aromatic nitrogens is 2. The number of fused-ring (bicyclic) bond motifs is 1. The lowest BCUT2D eigenvalue weighted by atomic mass is 10.2. The number of pyridine rings is 1. The summed E-state index contributed by atoms with van der Waals surface area (Å²) in [4.78, 5) is 16.6. The predicted molar refractivity (Wildman–Crippen MR) is 88.0 cm³/mol. The first-order chi connectivity index (χ1) is 10.5. The summed E-state index contributed by atoms with van der Waals surface area (Å²) >= 11 is 6.29. The molecule has 4 nitrogen and oxygen atoms in total. The van der Waals surface area contributed by atoms with Crippen molar-refractivity contribution in [2.75, 3.05) is 0 Å². The molecule has 0 spiro atoms. The van der Waals surface area contributed by atoms with Gasteiger partial charge >= 0.3 is 0 Å². The van der Waals surface area contributed by atoms with Crippen LogP contribution < -0.4 is 5.56 Å². The molecule has 0 saturated carbocycles. The third kappa shape index (κ3) is 2.73. The maximum absolute atomic E-state index is 12.2. The molecule has 3 rings (SSSR count). The summed E-state index contributed by atoms with van der Waals surface area (Å²) in [5.41, 5.74) is 2.42. The SMILES string of the molecule is Cc1cccn2c(=O)cc(/C(Cl)=C/c3cccc(O)c3)nc12. The standard InChI is InChI=1S/C17H13ClN2O2/c1-11-4-3-7-20-16(22)10-15(19-17(11)20)14(18)9-12-5-2-6-13(21)8-12/h2-10,21H,1H3/b14-9-. The quantitative estimate of drug-likeness (QED) is 0.788. The number of aromatic hydroxyl groups is 1. The predicted octanol–water partition coefficient (Wildman–Crippen LogP) is 3.45. The molecule has 0 unspecified atom stereocenters. The molecular weight excluding hydrogens is 300 g/mol. The van der Waals surface area contributed by atoms with Crippen LogP contribution in [-0.4, -0.2) is 14.5 Å². The van der Waals surface area contributed by atoms with Crippen LogP contribution in [0.5, 0.6) is 5.75 Å². The summed E-state index contributed by atoms with van der Waals surface area (Å²) in [6.45, 7) is 1.89. The number of halogens is 1. The summed E-state index contributed by atoms with van der Waals surface area (Å²) in [5.74, 6) is 0.153. The third-order valence-corrected chi connectivity index (χ3v) is 3.60. The van der Waals surface area contributed by atoms with Crippen molar-refractivity contribution in [3.05, 3.63) is 75.8 Å². The van der Waals surface area contributed by atoms with Crippen molar-refractivity contribution in [2.45, 2.75) is 6.92 Å². The number of phenolic OH excluding ortho intramolecular Hbond substituents is 1. The van der Waals surface area contributed by atoms with E-state index in [1.807, 2.05) is 13.0 Å². The molecule has 0 atom stereocenters. The van der Waals surface area contributed by atoms with Gasteiger partial charge in [0.15, 0.2) is 0 Å². The van der Waals surface area contributed by atoms with E-state index in [9.17, 15) is 9.90 Å². The second-order valence-electron chi connectivity index (χ2n) is 4.95. The van der Waals surface area contributed by atoms with Crippen molar-refractivity contribution in [1.82, 2.24) is 9.38 Å². The molecule has 0 fully saturated rings. The van der Waals surface area contributed by atoms with Gasteiger partial charge < -0.3 is 5.11 Å². The Kier molecular flexibility index (Phi) is 3.69. The zero-order valence-corrected chi connectivity index (χ0v) is 12.6. The summed E-state index contributed by atoms with van der Waals surface area (Å²) in [7, 11) is 0. The molecule has 0 aliphatic rings. The molecule has 1 aromatic carbocycles. The maximum atomic E-state index is 12.2. The molecule has 0 amide bonds. The van der Waals surface area contributed by atoms with Crippen molar-refractivity contribution in [2.24, 2.45) is 0 Å². The van der Waals surface area contributed by atoms with Crippen LogP contribution in [0, 0.1) is 6.92 Å². The smallest absolute Gasteiger partial charge is 0.258 e. The van der Waals surface area contributed by atoms with Crippen molar-refractivity contribution < 1.29 is 5.11 Å². The minimum Gasteiger partial charge on any atom is -0.508 e. The van der Waals surface area contributed by atoms with Crippen LogP contribution in [0.1, 0.15) is 16.8 Å². The lowest BCUT2D eigenvalue weighted by molar-refractivity contribution is 0.475. The first-order valence-corrected chi connectivity index (χ1v) is 7.08. The highest BCUT2D eigenvalue weighted by Gasteiger charge is 2.07. The van der Waals surface area contributed by atoms with Gasteiger partial charge in [-0.1, -0.05) is 29.8 Å². The largest absolute Gasteiger partial charge is 0.508 e. The topological polar surface area (TPSA) is 54.6 Å². The fourth-order valence-electron chi connectivity index (χ4n) is 2.22. The average molecular weight is 313 g/mol. The summed E-state index contributed by atoms with van der Waals surface area (Å²) < 4.78 is 1.48. The molecule has 2 heterocycles. The Bertz CT molecular complexity index is 945. The number of hydrogen-bond donors (Lipinski definition) is 1. The van der Waals surface area contributed by atoms with E-state index < -0.39 is 0 Å². The normalized spacial score (nSPS) is 11.8. The Hall–Kier alpha value is -2.59. The maximum Gasteiger partial charge on any atom is 0.258 e. The first-order valence-electron chi connectivity index (χ1n) is 6.70. The Morgan fingerprint density at radius 2 is 2.09 bits per heavy atom. The van der Waals surface area contributed by atoms with Crippen LogP contribution in [-0.2, 0) is 0 Å². The van der Waals surface area contributed by atoms with Gasteiger partial charge in [0.25, 0.3) is 5.56 Å². The lowest BCUT2D eigenvalue weighted by Crippen LogP contribution is -2.15. The molecule has 5 heteroatoms. The van der Waals surface area contributed by atoms with E-state index in [-0.39, 0.29) is 11.3 Å². The van der Waals surface area contributed by atoms with Crippen LogP contribution in [0.15, 0.2) is 53.5 Å². The van der Waals surface area contributed by atoms with E-state index in [4.69, 9.17) is 11.6 Å². The van der Waals surface area contributed by atoms with Gasteiger partial charge in [-0.15, -0.1) is 0 Å². The molecule has 2 aromatic heterocycles. The number of nitrogens with zero attached hydrogens (tertiary/aromatic N) is 2. The molecular formula is C17H13ClN2O2. The van der Waals surface area contributed by atoms with E-state index in [2.05, 4.69) is 4.98 Å². The average Bonchev–Trinajstić information content (AvgIpc) is 2.48. The number of rotatable bonds is 2. The molecule has 0 bridgehead atoms. The van der Waals surface area contributed by atoms with Gasteiger partial charge in [0, 0.05) is 12.3 Å². The van der Waals surface area contributed by atoms with Gasteiger partial charge in [0.2, 0.25) is 0 Å². The van der Waals surface area contributed by atoms with E-state index >= 15 is 0 Å². The lowest BCUT2D eigenvalue weighted by Gasteiger charge is -2.05. The minimum absolute atomic E-state index is 0.153. The van der Waals surface area contributed by atoms with E-state index in [0.717, 1.165) is 11.1 Å². The number of benzene rings is 1. The van der Waals surface area contributed by atoms with Crippen molar-refractivity contribution >= 4 is 28.4 Å². The molecule has 1 N–H and O–H groups in total. The number of hydrogen-bond acceptors (Lipinski definition) is 3. The van der Waals surface area contributed by atoms with Gasteiger partial charge in [0.1, 0.15) is 11.4 Å². The minimum atomic E-state index is -0.189. The summed E-state index contributed by atoms with van der Waals surface area (Å²) in [5, 5.41) is 9.82. The Labute approximate surface area is 132 Å². The van der Waals surface area contributed by atoms with Gasteiger partial charge in [-0.05, 0) is 42.3 Å². The first kappa shape index (κ1) is 14.4. The van der Waals surface area contributed by atoms with Crippen molar-refractivity contribution in [3.63, 3.8) is 0 Å². The zero-order valence-electron chi connectivity index (χ0n) is 11.8. The molecule has 0 radical (unpaired) electrons. The van der Waals surface area contributed by atoms with Crippen molar-refractivity contribution in [3.8, 4) is 5.75 Å². The second-order valence-corrected chi connectivity index (χ2v) is 5.36. The van der Waals surface area contributed by atoms with E-state index in [1.165, 1.54) is 10.5 Å². The Morgan fingerprint density at radius 1 is 1.27 bits per heavy atom. The number of aryl methyl sites for hydroxylation is 1. The zero-order chi connectivity index (χ0) is 15.7. The van der Waals surface area contributed by atoms with Gasteiger partial charge in [0.05, 0.1) is 10.7 Å². The van der Waals surface area contributed by atoms with Crippen LogP contribution in [0.25, 0.3) is 16.8 Å². The molecule has 110 valence electrons. The summed E-state index contributed by atoms with van der Waals surface area (Å²) in [6.07, 6.45) is 3.34. The highest BCUT2D eigenvalue weighted by Crippen LogP contribution is 2.22. The van der Waals surface area contributed by atoms with Gasteiger partial charge in [-0.25, -0.2) is 4.98 Å². The van der Waals surface area contributed by atoms with Crippen LogP contribution in [0.4, 0.5) is 0 Å². The number of phenols is 1. The summed E-state index contributed by atoms with van der Waals surface area (Å²) in [6, 6.07) is 11.8. The fourth-order valence-corrected chi connectivity index (χ4v) is 2.44. The molecule has 0 saturated heterocycles. The van der Waals surface area contributed by atoms with E-state index in [1.54, 1.807) is 42.6 Å². The monoisotopic (exact) mass is 312 g/mol. The Morgan fingerprint density at radius 3 is 2.86 bits per heavy atom. The van der Waals surface area contributed by atoms with Gasteiger partial charge in [-0.2, -0.15) is 0 Å². The molecule has 0 aliphatic carbocycles. The second kappa shape index (κ2) is 5.66. The van der Waals surface area contributed by atoms with Gasteiger partial charge in [-0.3, -0.25) is 9.20 Å². The van der Waals surface area contributed by atoms with Crippen molar-refractivity contribution in [1.29, 1.82) is 0 Å². The van der Waals surface area contributed by atoms with Crippen LogP contribution in [0.2, 0.25) is 0 Å². The fraction of sp³-hybridized carbons (Fsp3) is 0.0588. The van der Waals surface area contributed by atoms with Crippen LogP contribution >= 0.6 is 11.6 Å².